The topological polar surface area (TPSA) is 63.5 Å². The number of thiazole rings is 1. The number of carbonyl (C=O) groups excluding carboxylic acids is 2. The van der Waals surface area contributed by atoms with Gasteiger partial charge in [0.05, 0.1) is 12.5 Å². The lowest BCUT2D eigenvalue weighted by Crippen LogP contribution is -2.28. The maximum atomic E-state index is 12.1. The molecular weight excluding hydrogens is 286 g/mol. The van der Waals surface area contributed by atoms with Gasteiger partial charge in [0, 0.05) is 25.5 Å². The normalized spacial score (nSPS) is 13.0. The third-order valence-corrected chi connectivity index (χ3v) is 3.79. The van der Waals surface area contributed by atoms with Gasteiger partial charge < -0.3 is 9.88 Å². The standard InChI is InChI=1S/C15H17N3O2S/c1-11(19)16-13(12-6-4-3-5-7-12)10-14(20)17-15-18(2)8-9-21-15/h3-9,13H,10H2,1-2H3,(H,16,19). The first kappa shape index (κ1) is 15.2. The molecule has 1 unspecified atom stereocenters. The smallest absolute Gasteiger partial charge is 0.250 e. The number of aromatic nitrogens is 1. The highest BCUT2D eigenvalue weighted by molar-refractivity contribution is 7.07. The number of rotatable bonds is 4. The molecule has 0 radical (unpaired) electrons. The first-order valence-electron chi connectivity index (χ1n) is 6.56. The van der Waals surface area contributed by atoms with Gasteiger partial charge in [-0.3, -0.25) is 9.59 Å². The van der Waals surface area contributed by atoms with E-state index in [9.17, 15) is 9.59 Å². The predicted molar refractivity (Wildman–Crippen MR) is 81.5 cm³/mol. The average Bonchev–Trinajstić information content (AvgIpc) is 2.84. The zero-order valence-corrected chi connectivity index (χ0v) is 12.8. The molecule has 1 N–H and O–H groups in total. The molecule has 2 aromatic rings. The van der Waals surface area contributed by atoms with Crippen molar-refractivity contribution < 1.29 is 9.59 Å². The zero-order chi connectivity index (χ0) is 15.2. The Morgan fingerprint density at radius 3 is 2.62 bits per heavy atom. The molecule has 0 aliphatic carbocycles. The largest absolute Gasteiger partial charge is 0.349 e. The van der Waals surface area contributed by atoms with Crippen molar-refractivity contribution in [1.29, 1.82) is 0 Å². The number of amides is 2. The first-order chi connectivity index (χ1) is 10.1. The van der Waals surface area contributed by atoms with E-state index in [0.717, 1.165) is 5.56 Å². The molecule has 1 heterocycles. The number of hydrogen-bond donors (Lipinski definition) is 1. The SMILES string of the molecule is CC(=O)NC(CC(=O)N=c1sccn1C)c1ccccc1. The van der Waals surface area contributed by atoms with E-state index >= 15 is 0 Å². The highest BCUT2D eigenvalue weighted by Crippen LogP contribution is 2.17. The lowest BCUT2D eigenvalue weighted by atomic mass is 10.0. The lowest BCUT2D eigenvalue weighted by molar-refractivity contribution is -0.121. The Bertz CT molecular complexity index is 688. The van der Waals surface area contributed by atoms with Gasteiger partial charge in [-0.05, 0) is 5.56 Å². The molecule has 0 fully saturated rings. The van der Waals surface area contributed by atoms with Crippen LogP contribution in [0.2, 0.25) is 0 Å². The maximum absolute atomic E-state index is 12.1. The van der Waals surface area contributed by atoms with Gasteiger partial charge in [0.15, 0.2) is 4.80 Å². The second kappa shape index (κ2) is 6.99. The monoisotopic (exact) mass is 303 g/mol. The summed E-state index contributed by atoms with van der Waals surface area (Å²) < 4.78 is 1.79. The number of aryl methyl sites for hydroxylation is 1. The summed E-state index contributed by atoms with van der Waals surface area (Å²) in [7, 11) is 1.84. The molecule has 0 saturated carbocycles. The minimum atomic E-state index is -0.356. The molecule has 2 rings (SSSR count). The third-order valence-electron chi connectivity index (χ3n) is 2.94. The molecule has 0 aliphatic heterocycles. The van der Waals surface area contributed by atoms with Gasteiger partial charge in [-0.2, -0.15) is 4.99 Å². The van der Waals surface area contributed by atoms with Crippen molar-refractivity contribution in [3.63, 3.8) is 0 Å². The predicted octanol–water partition coefficient (Wildman–Crippen LogP) is 1.78. The summed E-state index contributed by atoms with van der Waals surface area (Å²) in [4.78, 5) is 28.2. The van der Waals surface area contributed by atoms with E-state index in [4.69, 9.17) is 0 Å². The number of benzene rings is 1. The number of nitrogens with zero attached hydrogens (tertiary/aromatic N) is 2. The highest BCUT2D eigenvalue weighted by atomic mass is 32.1. The van der Waals surface area contributed by atoms with E-state index in [1.165, 1.54) is 18.3 Å². The molecule has 0 saturated heterocycles. The van der Waals surface area contributed by atoms with Gasteiger partial charge in [-0.1, -0.05) is 30.3 Å². The summed E-state index contributed by atoms with van der Waals surface area (Å²) in [5, 5.41) is 4.67. The Labute approximate surface area is 127 Å². The van der Waals surface area contributed by atoms with E-state index in [2.05, 4.69) is 10.3 Å². The van der Waals surface area contributed by atoms with Crippen molar-refractivity contribution in [3.05, 3.63) is 52.3 Å². The summed E-state index contributed by atoms with van der Waals surface area (Å²) in [5.41, 5.74) is 0.895. The Morgan fingerprint density at radius 1 is 1.33 bits per heavy atom. The molecule has 1 atom stereocenters. The minimum Gasteiger partial charge on any atom is -0.349 e. The fraction of sp³-hybridized carbons (Fsp3) is 0.267. The maximum Gasteiger partial charge on any atom is 0.250 e. The summed E-state index contributed by atoms with van der Waals surface area (Å²) in [6, 6.07) is 9.07. The Morgan fingerprint density at radius 2 is 2.05 bits per heavy atom. The van der Waals surface area contributed by atoms with Crippen molar-refractivity contribution in [1.82, 2.24) is 9.88 Å². The molecular formula is C15H17N3O2S. The van der Waals surface area contributed by atoms with Crippen LogP contribution in [0.25, 0.3) is 0 Å². The van der Waals surface area contributed by atoms with Crippen LogP contribution in [0.15, 0.2) is 46.9 Å². The molecule has 5 nitrogen and oxygen atoms in total. The molecule has 21 heavy (non-hydrogen) atoms. The fourth-order valence-corrected chi connectivity index (χ4v) is 2.69. The van der Waals surface area contributed by atoms with Crippen LogP contribution < -0.4 is 10.1 Å². The van der Waals surface area contributed by atoms with Gasteiger partial charge in [-0.15, -0.1) is 11.3 Å². The van der Waals surface area contributed by atoms with E-state index in [-0.39, 0.29) is 24.3 Å². The highest BCUT2D eigenvalue weighted by Gasteiger charge is 2.16. The summed E-state index contributed by atoms with van der Waals surface area (Å²) >= 11 is 1.40. The van der Waals surface area contributed by atoms with Crippen molar-refractivity contribution in [2.75, 3.05) is 0 Å². The summed E-state index contributed by atoms with van der Waals surface area (Å²) in [6.45, 7) is 1.44. The number of hydrogen-bond acceptors (Lipinski definition) is 3. The average molecular weight is 303 g/mol. The van der Waals surface area contributed by atoms with Gasteiger partial charge in [-0.25, -0.2) is 0 Å². The number of carbonyl (C=O) groups is 2. The first-order valence-corrected chi connectivity index (χ1v) is 7.44. The van der Waals surface area contributed by atoms with Crippen LogP contribution >= 0.6 is 11.3 Å². The zero-order valence-electron chi connectivity index (χ0n) is 11.9. The molecule has 0 spiro atoms. The molecule has 0 aliphatic rings. The molecule has 1 aromatic carbocycles. The van der Waals surface area contributed by atoms with Crippen LogP contribution in [-0.2, 0) is 16.6 Å². The van der Waals surface area contributed by atoms with E-state index in [0.29, 0.717) is 4.80 Å². The summed E-state index contributed by atoms with van der Waals surface area (Å²) in [5.74, 6) is -0.422. The van der Waals surface area contributed by atoms with Crippen molar-refractivity contribution in [2.24, 2.45) is 12.0 Å². The Kier molecular flexibility index (Phi) is 5.05. The van der Waals surface area contributed by atoms with Crippen LogP contribution in [0.5, 0.6) is 0 Å². The third kappa shape index (κ3) is 4.39. The van der Waals surface area contributed by atoms with Gasteiger partial charge in [0.25, 0.3) is 5.91 Å². The van der Waals surface area contributed by atoms with E-state index < -0.39 is 0 Å². The number of nitrogens with one attached hydrogen (secondary N) is 1. The van der Waals surface area contributed by atoms with Crippen LogP contribution in [0.1, 0.15) is 24.9 Å². The second-order valence-corrected chi connectivity index (χ2v) is 5.54. The van der Waals surface area contributed by atoms with Gasteiger partial charge in [0.2, 0.25) is 5.91 Å². The van der Waals surface area contributed by atoms with Crippen LogP contribution in [-0.4, -0.2) is 16.4 Å². The molecule has 6 heteroatoms. The summed E-state index contributed by atoms with van der Waals surface area (Å²) in [6.07, 6.45) is 1.99. The van der Waals surface area contributed by atoms with Gasteiger partial charge in [0.1, 0.15) is 0 Å². The molecule has 0 bridgehead atoms. The van der Waals surface area contributed by atoms with Crippen LogP contribution in [0, 0.1) is 0 Å². The van der Waals surface area contributed by atoms with E-state index in [1.54, 1.807) is 4.57 Å². The molecule has 1 aromatic heterocycles. The van der Waals surface area contributed by atoms with Crippen molar-refractivity contribution >= 4 is 23.2 Å². The van der Waals surface area contributed by atoms with Crippen molar-refractivity contribution in [3.8, 4) is 0 Å². The van der Waals surface area contributed by atoms with Crippen LogP contribution in [0.3, 0.4) is 0 Å². The Balaban J connectivity index is 2.18. The van der Waals surface area contributed by atoms with Gasteiger partial charge >= 0.3 is 0 Å². The lowest BCUT2D eigenvalue weighted by Gasteiger charge is -2.16. The minimum absolute atomic E-state index is 0.140. The Hall–Kier alpha value is -2.21. The van der Waals surface area contributed by atoms with E-state index in [1.807, 2.05) is 49.0 Å². The second-order valence-electron chi connectivity index (χ2n) is 4.67. The van der Waals surface area contributed by atoms with Crippen molar-refractivity contribution in [2.45, 2.75) is 19.4 Å². The van der Waals surface area contributed by atoms with Crippen LogP contribution in [0.4, 0.5) is 0 Å². The molecule has 2 amide bonds. The molecule has 110 valence electrons. The fourth-order valence-electron chi connectivity index (χ4n) is 1.94. The quantitative estimate of drug-likeness (QED) is 0.936.